The summed E-state index contributed by atoms with van der Waals surface area (Å²) < 4.78 is 31.5. The normalized spacial score (nSPS) is 20.7. The number of hydrogen-bond acceptors (Lipinski definition) is 7. The van der Waals surface area contributed by atoms with Gasteiger partial charge in [0.15, 0.2) is 11.5 Å². The number of carbonyl (C=O) groups is 4. The van der Waals surface area contributed by atoms with Gasteiger partial charge in [-0.25, -0.2) is 4.39 Å². The van der Waals surface area contributed by atoms with Crippen LogP contribution < -0.4 is 30.2 Å². The summed E-state index contributed by atoms with van der Waals surface area (Å²) in [6.45, 7) is 6.15. The van der Waals surface area contributed by atoms with Crippen molar-refractivity contribution in [1.29, 1.82) is 0 Å². The Morgan fingerprint density at radius 3 is 2.52 bits per heavy atom. The first kappa shape index (κ1) is 34.2. The van der Waals surface area contributed by atoms with Crippen LogP contribution in [-0.4, -0.2) is 72.5 Å². The van der Waals surface area contributed by atoms with Gasteiger partial charge < -0.3 is 35.1 Å². The highest BCUT2D eigenvalue weighted by Gasteiger charge is 2.37. The van der Waals surface area contributed by atoms with E-state index in [0.717, 1.165) is 12.8 Å². The summed E-state index contributed by atoms with van der Waals surface area (Å²) in [5, 5.41) is 8.33. The van der Waals surface area contributed by atoms with Crippen LogP contribution in [0.25, 0.3) is 0 Å². The monoisotopic (exact) mass is 660 g/mol. The molecule has 5 rings (SSSR count). The Hall–Kier alpha value is -5.13. The van der Waals surface area contributed by atoms with Crippen LogP contribution in [0.1, 0.15) is 50.4 Å². The Bertz CT molecular complexity index is 1630. The number of benzene rings is 3. The fourth-order valence-electron chi connectivity index (χ4n) is 5.73. The highest BCUT2D eigenvalue weighted by Crippen LogP contribution is 2.31. The zero-order chi connectivity index (χ0) is 34.2. The molecule has 2 aliphatic rings. The minimum absolute atomic E-state index is 0.0136. The van der Waals surface area contributed by atoms with Crippen LogP contribution in [0.15, 0.2) is 72.8 Å². The molecule has 12 heteroatoms. The molecule has 4 amide bonds. The van der Waals surface area contributed by atoms with Gasteiger partial charge in [-0.2, -0.15) is 0 Å². The molecule has 4 atom stereocenters. The number of nitrogens with zero attached hydrogens (tertiary/aromatic N) is 1. The van der Waals surface area contributed by atoms with Crippen LogP contribution in [0, 0.1) is 11.7 Å². The third kappa shape index (κ3) is 8.61. The standard InChI is InChI=1S/C36H41FN4O7/c1-22(2)33-36(45)41-17-9-11-25(41)21-47-29-14-5-4-13-27(29)34(43)39-28(19-32(42)40-33)35(44)38-23(3)20-46-30-15-6-7-16-31(30)48-26-12-8-10-24(37)18-26/h4-8,10,12-16,18,22-23,25,28,33H,9,11,17,19-21H2,1-3H3,(H,38,44)(H,39,43)(H,40,42)/t23-,25+,28+,33-/m1/s1. The summed E-state index contributed by atoms with van der Waals surface area (Å²) in [6, 6.07) is 16.4. The molecule has 0 aromatic heterocycles. The number of para-hydroxylation sites is 3. The van der Waals surface area contributed by atoms with E-state index in [9.17, 15) is 23.6 Å². The van der Waals surface area contributed by atoms with Crippen LogP contribution in [0.3, 0.4) is 0 Å². The zero-order valence-electron chi connectivity index (χ0n) is 27.2. The average molecular weight is 661 g/mol. The Labute approximate surface area is 279 Å². The lowest BCUT2D eigenvalue weighted by molar-refractivity contribution is -0.139. The van der Waals surface area contributed by atoms with Gasteiger partial charge in [0, 0.05) is 12.6 Å². The second-order valence-corrected chi connectivity index (χ2v) is 12.4. The van der Waals surface area contributed by atoms with Crippen molar-refractivity contribution in [3.8, 4) is 23.0 Å². The van der Waals surface area contributed by atoms with Gasteiger partial charge in [0.25, 0.3) is 5.91 Å². The molecule has 0 spiro atoms. The van der Waals surface area contributed by atoms with Crippen molar-refractivity contribution in [2.75, 3.05) is 19.8 Å². The molecule has 2 heterocycles. The molecular weight excluding hydrogens is 619 g/mol. The number of carbonyl (C=O) groups excluding carboxylic acids is 4. The molecule has 0 saturated carbocycles. The number of rotatable bonds is 8. The van der Waals surface area contributed by atoms with E-state index in [1.54, 1.807) is 66.4 Å². The lowest BCUT2D eigenvalue weighted by Gasteiger charge is -2.32. The molecule has 3 aromatic rings. The van der Waals surface area contributed by atoms with Crippen molar-refractivity contribution < 1.29 is 37.8 Å². The zero-order valence-corrected chi connectivity index (χ0v) is 27.2. The maximum atomic E-state index is 13.7. The Morgan fingerprint density at radius 2 is 1.75 bits per heavy atom. The summed E-state index contributed by atoms with van der Waals surface area (Å²) in [7, 11) is 0. The lowest BCUT2D eigenvalue weighted by Crippen LogP contribution is -2.56. The lowest BCUT2D eigenvalue weighted by atomic mass is 10.0. The fourth-order valence-corrected chi connectivity index (χ4v) is 5.73. The number of fused-ring (bicyclic) bond motifs is 2. The number of amides is 4. The van der Waals surface area contributed by atoms with Crippen molar-refractivity contribution >= 4 is 23.6 Å². The van der Waals surface area contributed by atoms with E-state index in [2.05, 4.69) is 16.0 Å². The molecule has 3 aromatic carbocycles. The first-order chi connectivity index (χ1) is 23.1. The molecule has 0 bridgehead atoms. The van der Waals surface area contributed by atoms with Crippen molar-refractivity contribution in [3.05, 3.63) is 84.2 Å². The second kappa shape index (κ2) is 15.6. The highest BCUT2D eigenvalue weighted by molar-refractivity contribution is 6.01. The van der Waals surface area contributed by atoms with Gasteiger partial charge in [0.1, 0.15) is 42.6 Å². The van der Waals surface area contributed by atoms with E-state index in [0.29, 0.717) is 29.5 Å². The Kier molecular flexibility index (Phi) is 11.1. The summed E-state index contributed by atoms with van der Waals surface area (Å²) in [6.07, 6.45) is 1.14. The quantitative estimate of drug-likeness (QED) is 0.330. The van der Waals surface area contributed by atoms with Crippen LogP contribution >= 0.6 is 0 Å². The molecule has 0 radical (unpaired) electrons. The van der Waals surface area contributed by atoms with Crippen molar-refractivity contribution in [1.82, 2.24) is 20.9 Å². The smallest absolute Gasteiger partial charge is 0.255 e. The van der Waals surface area contributed by atoms with Crippen LogP contribution in [0.4, 0.5) is 4.39 Å². The van der Waals surface area contributed by atoms with Crippen LogP contribution in [0.2, 0.25) is 0 Å². The first-order valence-corrected chi connectivity index (χ1v) is 16.2. The maximum absolute atomic E-state index is 13.7. The van der Waals surface area contributed by atoms with Gasteiger partial charge in [0.05, 0.1) is 24.1 Å². The minimum atomic E-state index is -1.28. The third-order valence-corrected chi connectivity index (χ3v) is 8.23. The number of hydrogen-bond donors (Lipinski definition) is 3. The number of nitrogens with one attached hydrogen (secondary N) is 3. The van der Waals surface area contributed by atoms with Crippen molar-refractivity contribution in [2.45, 2.75) is 64.2 Å². The molecule has 48 heavy (non-hydrogen) atoms. The maximum Gasteiger partial charge on any atom is 0.255 e. The van der Waals surface area contributed by atoms with Crippen LogP contribution in [-0.2, 0) is 14.4 Å². The van der Waals surface area contributed by atoms with Gasteiger partial charge in [-0.1, -0.05) is 44.2 Å². The topological polar surface area (TPSA) is 135 Å². The van der Waals surface area contributed by atoms with Gasteiger partial charge in [-0.3, -0.25) is 19.2 Å². The van der Waals surface area contributed by atoms with Gasteiger partial charge in [0.2, 0.25) is 17.7 Å². The first-order valence-electron chi connectivity index (χ1n) is 16.2. The van der Waals surface area contributed by atoms with Gasteiger partial charge >= 0.3 is 0 Å². The molecular formula is C36H41FN4O7. The number of halogens is 1. The van der Waals surface area contributed by atoms with Crippen LogP contribution in [0.5, 0.6) is 23.0 Å². The second-order valence-electron chi connectivity index (χ2n) is 12.4. The summed E-state index contributed by atoms with van der Waals surface area (Å²) in [4.78, 5) is 55.9. The van der Waals surface area contributed by atoms with E-state index in [1.165, 1.54) is 18.2 Å². The number of ether oxygens (including phenoxy) is 3. The summed E-state index contributed by atoms with van der Waals surface area (Å²) in [5.74, 6) is -1.27. The van der Waals surface area contributed by atoms with Crippen molar-refractivity contribution in [2.24, 2.45) is 5.92 Å². The molecule has 0 aliphatic carbocycles. The SMILES string of the molecule is CC(C)[C@H]1NC(=O)C[C@@H](C(=O)N[C@H](C)COc2ccccc2Oc2cccc(F)c2)NC(=O)c2ccccc2OC[C@@H]2CCCN2C1=O. The third-order valence-electron chi connectivity index (χ3n) is 8.23. The predicted molar refractivity (Wildman–Crippen MR) is 175 cm³/mol. The molecule has 0 unspecified atom stereocenters. The van der Waals surface area contributed by atoms with Crippen molar-refractivity contribution in [3.63, 3.8) is 0 Å². The molecule has 1 fully saturated rings. The van der Waals surface area contributed by atoms with E-state index >= 15 is 0 Å². The summed E-state index contributed by atoms with van der Waals surface area (Å²) >= 11 is 0. The van der Waals surface area contributed by atoms with E-state index in [4.69, 9.17) is 14.2 Å². The predicted octanol–water partition coefficient (Wildman–Crippen LogP) is 4.21. The minimum Gasteiger partial charge on any atom is -0.491 e. The fraction of sp³-hybridized carbons (Fsp3) is 0.389. The molecule has 2 aliphatic heterocycles. The van der Waals surface area contributed by atoms with E-state index in [-0.39, 0.29) is 36.6 Å². The Morgan fingerprint density at radius 1 is 1.00 bits per heavy atom. The summed E-state index contributed by atoms with van der Waals surface area (Å²) in [5.41, 5.74) is 0.204. The van der Waals surface area contributed by atoms with Gasteiger partial charge in [-0.05, 0) is 62.1 Å². The average Bonchev–Trinajstić information content (AvgIpc) is 3.53. The molecule has 254 valence electrons. The van der Waals surface area contributed by atoms with E-state index < -0.39 is 48.1 Å². The highest BCUT2D eigenvalue weighted by atomic mass is 19.1. The van der Waals surface area contributed by atoms with E-state index in [1.807, 2.05) is 13.8 Å². The molecule has 11 nitrogen and oxygen atoms in total. The molecule has 1 saturated heterocycles. The largest absolute Gasteiger partial charge is 0.491 e. The Balaban J connectivity index is 1.31. The molecule has 3 N–H and O–H groups in total. The van der Waals surface area contributed by atoms with Gasteiger partial charge in [-0.15, -0.1) is 0 Å².